The Labute approximate surface area is 118 Å². The summed E-state index contributed by atoms with van der Waals surface area (Å²) in [5.41, 5.74) is 6.04. The van der Waals surface area contributed by atoms with E-state index in [1.54, 1.807) is 0 Å². The summed E-state index contributed by atoms with van der Waals surface area (Å²) in [5.74, 6) is 0.969. The van der Waals surface area contributed by atoms with E-state index in [4.69, 9.17) is 5.73 Å². The zero-order valence-corrected chi connectivity index (χ0v) is 13.0. The number of unbranched alkanes of at least 4 members (excludes halogenated alkanes) is 1. The Hall–Kier alpha value is -0.570. The molecule has 3 N–H and O–H groups in total. The number of amides is 1. The molecule has 112 valence electrons. The van der Waals surface area contributed by atoms with Gasteiger partial charge in [-0.3, -0.25) is 4.79 Å². The Morgan fingerprint density at radius 2 is 1.95 bits per heavy atom. The molecule has 1 rings (SSSR count). The molecule has 1 fully saturated rings. The molecule has 19 heavy (non-hydrogen) atoms. The molecule has 0 bridgehead atoms. The van der Waals surface area contributed by atoms with E-state index in [0.717, 1.165) is 38.5 Å². The summed E-state index contributed by atoms with van der Waals surface area (Å²) < 4.78 is 0. The molecule has 0 spiro atoms. The summed E-state index contributed by atoms with van der Waals surface area (Å²) >= 11 is 0. The highest BCUT2D eigenvalue weighted by Gasteiger charge is 2.29. The van der Waals surface area contributed by atoms with Crippen LogP contribution < -0.4 is 11.1 Å². The van der Waals surface area contributed by atoms with Crippen molar-refractivity contribution in [2.24, 2.45) is 17.6 Å². The largest absolute Gasteiger partial charge is 0.353 e. The van der Waals surface area contributed by atoms with Crippen molar-refractivity contribution in [3.63, 3.8) is 0 Å². The summed E-state index contributed by atoms with van der Waals surface area (Å²) in [7, 11) is 0. The zero-order valence-electron chi connectivity index (χ0n) is 13.0. The number of hydrogen-bond acceptors (Lipinski definition) is 2. The maximum Gasteiger partial charge on any atom is 0.223 e. The van der Waals surface area contributed by atoms with Crippen LogP contribution in [0.4, 0.5) is 0 Å². The molecule has 0 aliphatic heterocycles. The predicted molar refractivity (Wildman–Crippen MR) is 80.8 cm³/mol. The minimum Gasteiger partial charge on any atom is -0.353 e. The van der Waals surface area contributed by atoms with Crippen LogP contribution in [0, 0.1) is 11.8 Å². The van der Waals surface area contributed by atoms with Crippen LogP contribution in [0.5, 0.6) is 0 Å². The Morgan fingerprint density at radius 1 is 1.21 bits per heavy atom. The van der Waals surface area contributed by atoms with Crippen molar-refractivity contribution in [3.05, 3.63) is 0 Å². The number of carbonyl (C=O) groups is 1. The molecule has 0 aromatic heterocycles. The molecule has 4 atom stereocenters. The topological polar surface area (TPSA) is 55.1 Å². The highest BCUT2D eigenvalue weighted by molar-refractivity contribution is 5.79. The van der Waals surface area contributed by atoms with Crippen LogP contribution in [-0.2, 0) is 4.79 Å². The molecule has 1 saturated carbocycles. The third-order valence-electron chi connectivity index (χ3n) is 4.24. The van der Waals surface area contributed by atoms with E-state index in [0.29, 0.717) is 12.0 Å². The van der Waals surface area contributed by atoms with Gasteiger partial charge in [0.15, 0.2) is 0 Å². The van der Waals surface area contributed by atoms with Gasteiger partial charge >= 0.3 is 0 Å². The Kier molecular flexibility index (Phi) is 7.44. The zero-order chi connectivity index (χ0) is 14.3. The minimum absolute atomic E-state index is 0.139. The van der Waals surface area contributed by atoms with E-state index >= 15 is 0 Å². The van der Waals surface area contributed by atoms with Gasteiger partial charge in [-0.05, 0) is 38.0 Å². The quantitative estimate of drug-likeness (QED) is 0.745. The van der Waals surface area contributed by atoms with Crippen LogP contribution in [0.3, 0.4) is 0 Å². The molecule has 0 saturated heterocycles. The SMILES string of the molecule is CCCCC(CCC)NC(=O)C1CC(C)CC(N)C1. The summed E-state index contributed by atoms with van der Waals surface area (Å²) in [6.07, 6.45) is 8.68. The average Bonchev–Trinajstić information content (AvgIpc) is 2.35. The van der Waals surface area contributed by atoms with Gasteiger partial charge in [0, 0.05) is 18.0 Å². The first-order chi connectivity index (χ1) is 9.06. The lowest BCUT2D eigenvalue weighted by Gasteiger charge is -2.31. The van der Waals surface area contributed by atoms with Crippen LogP contribution in [0.25, 0.3) is 0 Å². The number of carbonyl (C=O) groups excluding carboxylic acids is 1. The van der Waals surface area contributed by atoms with Crippen LogP contribution in [0.15, 0.2) is 0 Å². The van der Waals surface area contributed by atoms with Crippen molar-refractivity contribution in [2.75, 3.05) is 0 Å². The highest BCUT2D eigenvalue weighted by atomic mass is 16.1. The molecule has 0 aromatic rings. The molecule has 1 aliphatic rings. The standard InChI is InChI=1S/C16H32N2O/c1-4-6-8-15(7-5-2)18-16(19)13-9-12(3)10-14(17)11-13/h12-15H,4-11,17H2,1-3H3,(H,18,19). The molecule has 3 nitrogen and oxygen atoms in total. The lowest BCUT2D eigenvalue weighted by molar-refractivity contribution is -0.127. The molecular formula is C16H32N2O. The minimum atomic E-state index is 0.139. The average molecular weight is 268 g/mol. The summed E-state index contributed by atoms with van der Waals surface area (Å²) in [4.78, 5) is 12.4. The lowest BCUT2D eigenvalue weighted by Crippen LogP contribution is -2.43. The van der Waals surface area contributed by atoms with E-state index in [2.05, 4.69) is 26.1 Å². The van der Waals surface area contributed by atoms with Crippen molar-refractivity contribution in [2.45, 2.75) is 84.2 Å². The summed E-state index contributed by atoms with van der Waals surface area (Å²) in [5, 5.41) is 3.27. The van der Waals surface area contributed by atoms with Gasteiger partial charge in [0.1, 0.15) is 0 Å². The predicted octanol–water partition coefficient (Wildman–Crippen LogP) is 3.23. The van der Waals surface area contributed by atoms with Gasteiger partial charge in [0.05, 0.1) is 0 Å². The highest BCUT2D eigenvalue weighted by Crippen LogP contribution is 2.28. The Balaban J connectivity index is 2.45. The van der Waals surface area contributed by atoms with Gasteiger partial charge in [-0.2, -0.15) is 0 Å². The van der Waals surface area contributed by atoms with Crippen molar-refractivity contribution >= 4 is 5.91 Å². The molecule has 0 radical (unpaired) electrons. The van der Waals surface area contributed by atoms with Crippen LogP contribution >= 0.6 is 0 Å². The maximum atomic E-state index is 12.4. The number of hydrogen-bond donors (Lipinski definition) is 2. The summed E-state index contributed by atoms with van der Waals surface area (Å²) in [6, 6.07) is 0.575. The van der Waals surface area contributed by atoms with Crippen molar-refractivity contribution < 1.29 is 4.79 Å². The molecule has 4 unspecified atom stereocenters. The Bertz CT molecular complexity index is 257. The van der Waals surface area contributed by atoms with Crippen LogP contribution in [-0.4, -0.2) is 18.0 Å². The second kappa shape index (κ2) is 8.57. The van der Waals surface area contributed by atoms with Gasteiger partial charge in [-0.25, -0.2) is 0 Å². The van der Waals surface area contributed by atoms with Crippen LogP contribution in [0.2, 0.25) is 0 Å². The van der Waals surface area contributed by atoms with Gasteiger partial charge in [-0.15, -0.1) is 0 Å². The number of nitrogens with one attached hydrogen (secondary N) is 1. The van der Waals surface area contributed by atoms with Crippen molar-refractivity contribution in [1.29, 1.82) is 0 Å². The third kappa shape index (κ3) is 5.94. The molecule has 0 aromatic carbocycles. The summed E-state index contributed by atoms with van der Waals surface area (Å²) in [6.45, 7) is 6.59. The fraction of sp³-hybridized carbons (Fsp3) is 0.938. The lowest BCUT2D eigenvalue weighted by atomic mass is 9.79. The second-order valence-corrected chi connectivity index (χ2v) is 6.41. The fourth-order valence-corrected chi connectivity index (χ4v) is 3.28. The van der Waals surface area contributed by atoms with Crippen molar-refractivity contribution in [3.8, 4) is 0 Å². The first-order valence-corrected chi connectivity index (χ1v) is 8.12. The number of rotatable bonds is 7. The molecule has 1 amide bonds. The molecule has 0 heterocycles. The van der Waals surface area contributed by atoms with Gasteiger partial charge in [0.25, 0.3) is 0 Å². The molecule has 3 heteroatoms. The molecular weight excluding hydrogens is 236 g/mol. The van der Waals surface area contributed by atoms with E-state index in [1.807, 2.05) is 0 Å². The van der Waals surface area contributed by atoms with Gasteiger partial charge in [0.2, 0.25) is 5.91 Å². The van der Waals surface area contributed by atoms with E-state index < -0.39 is 0 Å². The van der Waals surface area contributed by atoms with Crippen LogP contribution in [0.1, 0.15) is 72.1 Å². The second-order valence-electron chi connectivity index (χ2n) is 6.41. The fourth-order valence-electron chi connectivity index (χ4n) is 3.28. The van der Waals surface area contributed by atoms with E-state index in [9.17, 15) is 4.79 Å². The maximum absolute atomic E-state index is 12.4. The van der Waals surface area contributed by atoms with Gasteiger partial charge < -0.3 is 11.1 Å². The normalized spacial score (nSPS) is 28.9. The first-order valence-electron chi connectivity index (χ1n) is 8.12. The Morgan fingerprint density at radius 3 is 2.53 bits per heavy atom. The third-order valence-corrected chi connectivity index (χ3v) is 4.24. The van der Waals surface area contributed by atoms with E-state index in [1.165, 1.54) is 12.8 Å². The monoisotopic (exact) mass is 268 g/mol. The number of nitrogens with two attached hydrogens (primary N) is 1. The van der Waals surface area contributed by atoms with E-state index in [-0.39, 0.29) is 17.9 Å². The molecule has 1 aliphatic carbocycles. The van der Waals surface area contributed by atoms with Gasteiger partial charge in [-0.1, -0.05) is 40.0 Å². The smallest absolute Gasteiger partial charge is 0.223 e. The van der Waals surface area contributed by atoms with Crippen molar-refractivity contribution in [1.82, 2.24) is 5.32 Å². The first kappa shape index (κ1) is 16.5.